The summed E-state index contributed by atoms with van der Waals surface area (Å²) in [4.78, 5) is 31.6. The molecule has 2 heterocycles. The number of rotatable bonds is 6. The van der Waals surface area contributed by atoms with Gasteiger partial charge in [0.1, 0.15) is 5.82 Å². The van der Waals surface area contributed by atoms with Gasteiger partial charge in [-0.1, -0.05) is 26.0 Å². The highest BCUT2D eigenvalue weighted by Crippen LogP contribution is 2.21. The summed E-state index contributed by atoms with van der Waals surface area (Å²) in [6.07, 6.45) is 1.20. The van der Waals surface area contributed by atoms with Gasteiger partial charge in [-0.15, -0.1) is 0 Å². The van der Waals surface area contributed by atoms with Crippen molar-refractivity contribution in [3.05, 3.63) is 35.6 Å². The molecule has 166 valence electrons. The van der Waals surface area contributed by atoms with Crippen molar-refractivity contribution in [2.24, 2.45) is 11.8 Å². The Kier molecular flexibility index (Phi) is 7.83. The van der Waals surface area contributed by atoms with Gasteiger partial charge < -0.3 is 10.2 Å². The summed E-state index contributed by atoms with van der Waals surface area (Å²) in [7, 11) is 0. The molecule has 7 heteroatoms. The van der Waals surface area contributed by atoms with Crippen LogP contribution in [-0.4, -0.2) is 78.4 Å². The van der Waals surface area contributed by atoms with Gasteiger partial charge >= 0.3 is 0 Å². The van der Waals surface area contributed by atoms with E-state index >= 15 is 0 Å². The number of nitrogens with zero attached hydrogens (tertiary/aromatic N) is 3. The van der Waals surface area contributed by atoms with E-state index in [0.29, 0.717) is 24.9 Å². The zero-order valence-corrected chi connectivity index (χ0v) is 18.4. The highest BCUT2D eigenvalue weighted by atomic mass is 19.1. The Morgan fingerprint density at radius 3 is 2.27 bits per heavy atom. The summed E-state index contributed by atoms with van der Waals surface area (Å²) in [5.74, 6) is 1.07. The number of carbonyl (C=O) groups excluding carboxylic acids is 2. The topological polar surface area (TPSA) is 55.9 Å². The number of piperidine rings is 1. The van der Waals surface area contributed by atoms with Gasteiger partial charge in [-0.05, 0) is 42.9 Å². The summed E-state index contributed by atoms with van der Waals surface area (Å²) in [6.45, 7) is 12.1. The maximum atomic E-state index is 13.0. The van der Waals surface area contributed by atoms with Crippen LogP contribution in [0, 0.1) is 17.7 Å². The highest BCUT2D eigenvalue weighted by molar-refractivity contribution is 5.81. The van der Waals surface area contributed by atoms with Crippen molar-refractivity contribution >= 4 is 11.8 Å². The van der Waals surface area contributed by atoms with Crippen molar-refractivity contribution in [2.45, 2.75) is 39.8 Å². The van der Waals surface area contributed by atoms with E-state index < -0.39 is 0 Å². The largest absolute Gasteiger partial charge is 0.351 e. The lowest BCUT2D eigenvalue weighted by atomic mass is 9.92. The second kappa shape index (κ2) is 10.4. The average Bonchev–Trinajstić information content (AvgIpc) is 2.72. The first kappa shape index (κ1) is 22.7. The first-order valence-electron chi connectivity index (χ1n) is 11.1. The van der Waals surface area contributed by atoms with Crippen LogP contribution < -0.4 is 5.32 Å². The molecule has 2 fully saturated rings. The van der Waals surface area contributed by atoms with Gasteiger partial charge in [0, 0.05) is 45.8 Å². The van der Waals surface area contributed by atoms with E-state index in [4.69, 9.17) is 0 Å². The van der Waals surface area contributed by atoms with E-state index in [2.05, 4.69) is 29.0 Å². The number of likely N-dealkylation sites (tertiary alicyclic amines) is 1. The molecule has 0 unspecified atom stereocenters. The van der Waals surface area contributed by atoms with Gasteiger partial charge in [0.2, 0.25) is 11.8 Å². The summed E-state index contributed by atoms with van der Waals surface area (Å²) >= 11 is 0. The van der Waals surface area contributed by atoms with E-state index in [1.807, 2.05) is 11.8 Å². The zero-order chi connectivity index (χ0) is 21.7. The van der Waals surface area contributed by atoms with Crippen molar-refractivity contribution in [3.8, 4) is 0 Å². The van der Waals surface area contributed by atoms with Crippen LogP contribution in [0.2, 0.25) is 0 Å². The Bertz CT molecular complexity index is 708. The fourth-order valence-electron chi connectivity index (χ4n) is 4.57. The molecule has 2 aliphatic rings. The zero-order valence-electron chi connectivity index (χ0n) is 18.4. The van der Waals surface area contributed by atoms with Gasteiger partial charge in [0.15, 0.2) is 0 Å². The molecule has 2 saturated heterocycles. The van der Waals surface area contributed by atoms with Crippen molar-refractivity contribution in [1.82, 2.24) is 20.0 Å². The molecule has 1 aromatic carbocycles. The minimum atomic E-state index is -0.279. The first-order valence-corrected chi connectivity index (χ1v) is 11.1. The minimum Gasteiger partial charge on any atom is -0.351 e. The molecule has 0 aromatic heterocycles. The van der Waals surface area contributed by atoms with Gasteiger partial charge in [-0.25, -0.2) is 4.39 Å². The van der Waals surface area contributed by atoms with Crippen LogP contribution in [0.1, 0.15) is 32.8 Å². The third kappa shape index (κ3) is 6.25. The predicted octanol–water partition coefficient (Wildman–Crippen LogP) is 1.95. The molecule has 0 spiro atoms. The number of nitrogens with one attached hydrogen (secondary N) is 1. The monoisotopic (exact) mass is 418 g/mol. The van der Waals surface area contributed by atoms with E-state index in [9.17, 15) is 14.0 Å². The summed E-state index contributed by atoms with van der Waals surface area (Å²) < 4.78 is 13.0. The Balaban J connectivity index is 1.40. The van der Waals surface area contributed by atoms with Gasteiger partial charge in [0.05, 0.1) is 12.6 Å². The lowest BCUT2D eigenvalue weighted by molar-refractivity contribution is -0.136. The molecule has 1 N–H and O–H groups in total. The molecular weight excluding hydrogens is 383 g/mol. The third-order valence-electron chi connectivity index (χ3n) is 6.29. The maximum absolute atomic E-state index is 13.0. The third-order valence-corrected chi connectivity index (χ3v) is 6.29. The molecule has 30 heavy (non-hydrogen) atoms. The lowest BCUT2D eigenvalue weighted by Crippen LogP contribution is -2.55. The summed E-state index contributed by atoms with van der Waals surface area (Å²) in [6, 6.07) is 5.93. The van der Waals surface area contributed by atoms with E-state index in [1.54, 1.807) is 12.1 Å². The Morgan fingerprint density at radius 1 is 1.07 bits per heavy atom. The van der Waals surface area contributed by atoms with Gasteiger partial charge in [-0.2, -0.15) is 0 Å². The number of hydrogen-bond donors (Lipinski definition) is 1. The Hall–Kier alpha value is -1.99. The molecule has 3 atom stereocenters. The fraction of sp³-hybridized carbons (Fsp3) is 0.652. The average molecular weight is 419 g/mol. The van der Waals surface area contributed by atoms with Crippen LogP contribution in [0.3, 0.4) is 0 Å². The molecule has 3 rings (SSSR count). The molecule has 0 aliphatic carbocycles. The number of benzene rings is 1. The minimum absolute atomic E-state index is 0.0276. The summed E-state index contributed by atoms with van der Waals surface area (Å²) in [5.41, 5.74) is 0.877. The van der Waals surface area contributed by atoms with Crippen LogP contribution >= 0.6 is 0 Å². The van der Waals surface area contributed by atoms with E-state index in [1.165, 1.54) is 18.6 Å². The standard InChI is InChI=1S/C23H35FN4O2/c1-17-12-18(2)15-28(14-17)22(29)16-26-8-10-27(11-9-26)19(3)23(30)25-13-20-4-6-21(24)7-5-20/h4-7,17-19H,8-16H2,1-3H3,(H,25,30)/t17-,18-,19-/m1/s1. The van der Waals surface area contributed by atoms with Crippen LogP contribution in [0.5, 0.6) is 0 Å². The Labute approximate surface area is 179 Å². The van der Waals surface area contributed by atoms with Crippen molar-refractivity contribution < 1.29 is 14.0 Å². The molecule has 2 aliphatic heterocycles. The van der Waals surface area contributed by atoms with Crippen molar-refractivity contribution in [2.75, 3.05) is 45.8 Å². The number of halogens is 1. The Morgan fingerprint density at radius 2 is 1.67 bits per heavy atom. The number of piperazine rings is 1. The molecule has 0 bridgehead atoms. The van der Waals surface area contributed by atoms with Gasteiger partial charge in [0.25, 0.3) is 0 Å². The highest BCUT2D eigenvalue weighted by Gasteiger charge is 2.29. The van der Waals surface area contributed by atoms with Crippen LogP contribution in [-0.2, 0) is 16.1 Å². The van der Waals surface area contributed by atoms with Crippen molar-refractivity contribution in [1.29, 1.82) is 0 Å². The second-order valence-corrected chi connectivity index (χ2v) is 9.08. The lowest BCUT2D eigenvalue weighted by Gasteiger charge is -2.39. The molecule has 1 aromatic rings. The molecular formula is C23H35FN4O2. The normalized spacial score (nSPS) is 24.5. The number of amides is 2. The van der Waals surface area contributed by atoms with E-state index in [0.717, 1.165) is 44.8 Å². The van der Waals surface area contributed by atoms with Crippen LogP contribution in [0.4, 0.5) is 4.39 Å². The fourth-order valence-corrected chi connectivity index (χ4v) is 4.57. The maximum Gasteiger partial charge on any atom is 0.237 e. The molecule has 2 amide bonds. The second-order valence-electron chi connectivity index (χ2n) is 9.08. The van der Waals surface area contributed by atoms with Crippen LogP contribution in [0.25, 0.3) is 0 Å². The number of carbonyl (C=O) groups is 2. The van der Waals surface area contributed by atoms with Gasteiger partial charge in [-0.3, -0.25) is 19.4 Å². The SMILES string of the molecule is C[C@@H]1C[C@@H](C)CN(C(=O)CN2CCN([C@H](C)C(=O)NCc3ccc(F)cc3)CC2)C1. The summed E-state index contributed by atoms with van der Waals surface area (Å²) in [5, 5.41) is 2.93. The first-order chi connectivity index (χ1) is 14.3. The quantitative estimate of drug-likeness (QED) is 0.767. The number of hydrogen-bond acceptors (Lipinski definition) is 4. The van der Waals surface area contributed by atoms with E-state index in [-0.39, 0.29) is 23.7 Å². The van der Waals surface area contributed by atoms with Crippen LogP contribution in [0.15, 0.2) is 24.3 Å². The molecule has 6 nitrogen and oxygen atoms in total. The molecule has 0 radical (unpaired) electrons. The predicted molar refractivity (Wildman–Crippen MR) is 115 cm³/mol. The van der Waals surface area contributed by atoms with Crippen molar-refractivity contribution in [3.63, 3.8) is 0 Å². The smallest absolute Gasteiger partial charge is 0.237 e. The molecule has 0 saturated carbocycles.